The summed E-state index contributed by atoms with van der Waals surface area (Å²) in [7, 11) is 0. The summed E-state index contributed by atoms with van der Waals surface area (Å²) in [6.07, 6.45) is 0. The van der Waals surface area contributed by atoms with Gasteiger partial charge in [0.2, 0.25) is 11.4 Å². The highest BCUT2D eigenvalue weighted by atomic mass is 19.1. The van der Waals surface area contributed by atoms with Crippen LogP contribution in [-0.4, -0.2) is 0 Å². The lowest BCUT2D eigenvalue weighted by Gasteiger charge is -1.95. The molecule has 0 saturated heterocycles. The Balaban J connectivity index is 3.42. The SMILES string of the molecule is [C-]#[N+]c1cc([N+]#[C-])c(F)cc1F. The highest BCUT2D eigenvalue weighted by Gasteiger charge is 2.08. The molecule has 0 aliphatic carbocycles. The average molecular weight is 164 g/mol. The third-order valence-electron chi connectivity index (χ3n) is 1.26. The van der Waals surface area contributed by atoms with Gasteiger partial charge in [-0.05, 0) is 12.1 Å². The van der Waals surface area contributed by atoms with Crippen molar-refractivity contribution < 1.29 is 8.78 Å². The molecule has 0 aliphatic rings. The number of hydrogen-bond donors (Lipinski definition) is 0. The predicted molar refractivity (Wildman–Crippen MR) is 38.9 cm³/mol. The standard InChI is InChI=1S/C8H2F2N2/c1-11-7-4-8(12-2)6(10)3-5(7)9/h3-4H. The van der Waals surface area contributed by atoms with Crippen molar-refractivity contribution in [1.82, 2.24) is 0 Å². The second kappa shape index (κ2) is 2.98. The molecule has 0 fully saturated rings. The van der Waals surface area contributed by atoms with Crippen molar-refractivity contribution >= 4 is 11.4 Å². The van der Waals surface area contributed by atoms with E-state index >= 15 is 0 Å². The van der Waals surface area contributed by atoms with Gasteiger partial charge in [0.15, 0.2) is 0 Å². The van der Waals surface area contributed by atoms with Crippen molar-refractivity contribution in [3.05, 3.63) is 46.6 Å². The van der Waals surface area contributed by atoms with E-state index in [1.54, 1.807) is 0 Å². The van der Waals surface area contributed by atoms with Crippen molar-refractivity contribution in [3.8, 4) is 0 Å². The minimum atomic E-state index is -0.935. The molecule has 1 rings (SSSR count). The van der Waals surface area contributed by atoms with Crippen molar-refractivity contribution in [3.63, 3.8) is 0 Å². The Hall–Kier alpha value is -1.94. The summed E-state index contributed by atoms with van der Waals surface area (Å²) in [4.78, 5) is 5.57. The Morgan fingerprint density at radius 3 is 1.67 bits per heavy atom. The summed E-state index contributed by atoms with van der Waals surface area (Å²) in [5.74, 6) is -1.87. The fourth-order valence-electron chi connectivity index (χ4n) is 0.698. The van der Waals surface area contributed by atoms with Crippen LogP contribution in [0.25, 0.3) is 9.69 Å². The second-order valence-corrected chi connectivity index (χ2v) is 1.98. The van der Waals surface area contributed by atoms with Crippen LogP contribution in [0.1, 0.15) is 0 Å². The van der Waals surface area contributed by atoms with Crippen LogP contribution in [0.15, 0.2) is 12.1 Å². The summed E-state index contributed by atoms with van der Waals surface area (Å²) < 4.78 is 25.2. The molecule has 0 radical (unpaired) electrons. The molecule has 0 amide bonds. The predicted octanol–water partition coefficient (Wildman–Crippen LogP) is 3.07. The third-order valence-corrected chi connectivity index (χ3v) is 1.26. The van der Waals surface area contributed by atoms with E-state index < -0.39 is 11.6 Å². The summed E-state index contributed by atoms with van der Waals surface area (Å²) >= 11 is 0. The van der Waals surface area contributed by atoms with Crippen LogP contribution in [0.2, 0.25) is 0 Å². The zero-order valence-electron chi connectivity index (χ0n) is 5.81. The molecule has 0 atom stereocenters. The minimum Gasteiger partial charge on any atom is -0.236 e. The van der Waals surface area contributed by atoms with E-state index in [-0.39, 0.29) is 11.4 Å². The fourth-order valence-corrected chi connectivity index (χ4v) is 0.698. The van der Waals surface area contributed by atoms with Gasteiger partial charge in [-0.3, -0.25) is 0 Å². The van der Waals surface area contributed by atoms with E-state index in [1.807, 2.05) is 0 Å². The Morgan fingerprint density at radius 1 is 0.917 bits per heavy atom. The molecule has 0 N–H and O–H groups in total. The number of hydrogen-bond acceptors (Lipinski definition) is 0. The Morgan fingerprint density at radius 2 is 1.33 bits per heavy atom. The van der Waals surface area contributed by atoms with Gasteiger partial charge in [0.25, 0.3) is 0 Å². The van der Waals surface area contributed by atoms with Gasteiger partial charge in [-0.25, -0.2) is 18.5 Å². The van der Waals surface area contributed by atoms with Crippen molar-refractivity contribution in [2.24, 2.45) is 0 Å². The summed E-state index contributed by atoms with van der Waals surface area (Å²) in [6.45, 7) is 13.0. The number of rotatable bonds is 0. The molecule has 58 valence electrons. The third kappa shape index (κ3) is 1.23. The fraction of sp³-hybridized carbons (Fsp3) is 0. The molecule has 0 unspecified atom stereocenters. The van der Waals surface area contributed by atoms with Gasteiger partial charge in [-0.1, -0.05) is 0 Å². The lowest BCUT2D eigenvalue weighted by atomic mass is 10.2. The molecular weight excluding hydrogens is 162 g/mol. The first-order valence-electron chi connectivity index (χ1n) is 2.93. The van der Waals surface area contributed by atoms with E-state index in [0.717, 1.165) is 6.07 Å². The van der Waals surface area contributed by atoms with Crippen molar-refractivity contribution in [2.75, 3.05) is 0 Å². The molecule has 12 heavy (non-hydrogen) atoms. The summed E-state index contributed by atoms with van der Waals surface area (Å²) in [6, 6.07) is 1.44. The monoisotopic (exact) mass is 164 g/mol. The first kappa shape index (κ1) is 8.16. The van der Waals surface area contributed by atoms with Gasteiger partial charge in [0.05, 0.1) is 13.1 Å². The minimum absolute atomic E-state index is 0.331. The van der Waals surface area contributed by atoms with E-state index in [1.165, 1.54) is 0 Å². The molecule has 4 heteroatoms. The molecule has 1 aromatic rings. The smallest absolute Gasteiger partial charge is 0.212 e. The maximum absolute atomic E-state index is 12.6. The van der Waals surface area contributed by atoms with Crippen LogP contribution in [-0.2, 0) is 0 Å². The van der Waals surface area contributed by atoms with E-state index in [0.29, 0.717) is 6.07 Å². The van der Waals surface area contributed by atoms with Gasteiger partial charge in [0.1, 0.15) is 11.6 Å². The zero-order valence-corrected chi connectivity index (χ0v) is 5.81. The molecule has 0 bridgehead atoms. The normalized spacial score (nSPS) is 8.67. The summed E-state index contributed by atoms with van der Waals surface area (Å²) in [5, 5.41) is 0. The second-order valence-electron chi connectivity index (χ2n) is 1.98. The van der Waals surface area contributed by atoms with Crippen LogP contribution in [0.3, 0.4) is 0 Å². The number of halogens is 2. The van der Waals surface area contributed by atoms with Crippen LogP contribution in [0.4, 0.5) is 20.2 Å². The molecule has 2 nitrogen and oxygen atoms in total. The Labute approximate surface area is 67.7 Å². The molecule has 1 aromatic carbocycles. The van der Waals surface area contributed by atoms with Gasteiger partial charge in [0, 0.05) is 0 Å². The molecular formula is C8H2F2N2. The topological polar surface area (TPSA) is 8.72 Å². The molecule has 0 saturated carbocycles. The highest BCUT2D eigenvalue weighted by molar-refractivity contribution is 5.59. The van der Waals surface area contributed by atoms with Gasteiger partial charge < -0.3 is 0 Å². The molecule has 0 aliphatic heterocycles. The van der Waals surface area contributed by atoms with Crippen LogP contribution < -0.4 is 0 Å². The first-order chi connectivity index (χ1) is 5.69. The van der Waals surface area contributed by atoms with Crippen molar-refractivity contribution in [2.45, 2.75) is 0 Å². The maximum Gasteiger partial charge on any atom is 0.212 e. The Bertz CT molecular complexity index is 363. The van der Waals surface area contributed by atoms with Crippen LogP contribution in [0.5, 0.6) is 0 Å². The maximum atomic E-state index is 12.6. The number of benzene rings is 1. The van der Waals surface area contributed by atoms with Gasteiger partial charge in [-0.2, -0.15) is 0 Å². The summed E-state index contributed by atoms with van der Waals surface area (Å²) in [5.41, 5.74) is -0.662. The lowest BCUT2D eigenvalue weighted by molar-refractivity contribution is 0.591. The average Bonchev–Trinajstić information content (AvgIpc) is 2.05. The van der Waals surface area contributed by atoms with Crippen molar-refractivity contribution in [1.29, 1.82) is 0 Å². The van der Waals surface area contributed by atoms with E-state index in [9.17, 15) is 8.78 Å². The van der Waals surface area contributed by atoms with Crippen LogP contribution >= 0.6 is 0 Å². The molecule has 0 spiro atoms. The van der Waals surface area contributed by atoms with E-state index in [2.05, 4.69) is 9.69 Å². The van der Waals surface area contributed by atoms with Crippen LogP contribution in [0, 0.1) is 24.8 Å². The molecule has 0 heterocycles. The lowest BCUT2D eigenvalue weighted by Crippen LogP contribution is -1.78. The van der Waals surface area contributed by atoms with E-state index in [4.69, 9.17) is 13.1 Å². The Kier molecular flexibility index (Phi) is 2.02. The molecule has 0 aromatic heterocycles. The zero-order chi connectivity index (χ0) is 9.14. The first-order valence-corrected chi connectivity index (χ1v) is 2.93. The number of nitrogens with zero attached hydrogens (tertiary/aromatic N) is 2. The van der Waals surface area contributed by atoms with Gasteiger partial charge in [-0.15, -0.1) is 0 Å². The highest BCUT2D eigenvalue weighted by Crippen LogP contribution is 2.27. The largest absolute Gasteiger partial charge is 0.236 e. The van der Waals surface area contributed by atoms with Gasteiger partial charge >= 0.3 is 0 Å². The quantitative estimate of drug-likeness (QED) is 0.521.